The molecule has 2 rings (SSSR count). The summed E-state index contributed by atoms with van der Waals surface area (Å²) in [7, 11) is 0. The average molecular weight is 316 g/mol. The van der Waals surface area contributed by atoms with Crippen molar-refractivity contribution in [1.29, 1.82) is 0 Å². The Labute approximate surface area is 126 Å². The summed E-state index contributed by atoms with van der Waals surface area (Å²) in [5.41, 5.74) is 4.19. The molecular formula is C11H20N6O3S. The zero-order chi connectivity index (χ0) is 15.4. The van der Waals surface area contributed by atoms with Crippen LogP contribution in [0.25, 0.3) is 0 Å². The quantitative estimate of drug-likeness (QED) is 0.174. The van der Waals surface area contributed by atoms with Crippen molar-refractivity contribution < 1.29 is 14.4 Å². The molecule has 6 N–H and O–H groups in total. The third-order valence-corrected chi connectivity index (χ3v) is 4.68. The molecule has 3 atom stereocenters. The summed E-state index contributed by atoms with van der Waals surface area (Å²) in [5, 5.41) is 0. The van der Waals surface area contributed by atoms with Crippen molar-refractivity contribution >= 4 is 29.5 Å². The number of nitrogens with two attached hydrogens (primary N) is 2. The fourth-order valence-electron chi connectivity index (χ4n) is 2.36. The zero-order valence-electron chi connectivity index (χ0n) is 11.6. The Morgan fingerprint density at radius 1 is 1.38 bits per heavy atom. The van der Waals surface area contributed by atoms with Gasteiger partial charge in [-0.3, -0.25) is 30.1 Å². The van der Waals surface area contributed by atoms with Gasteiger partial charge in [-0.25, -0.2) is 11.7 Å². The van der Waals surface area contributed by atoms with Crippen LogP contribution in [0, 0.1) is 0 Å². The van der Waals surface area contributed by atoms with Crippen LogP contribution in [0.5, 0.6) is 0 Å². The molecule has 118 valence electrons. The second-order valence-electron chi connectivity index (χ2n) is 5.01. The minimum absolute atomic E-state index is 0.148. The Morgan fingerprint density at radius 3 is 2.71 bits per heavy atom. The predicted molar refractivity (Wildman–Crippen MR) is 77.2 cm³/mol. The van der Waals surface area contributed by atoms with Gasteiger partial charge in [0.05, 0.1) is 5.88 Å². The lowest BCUT2D eigenvalue weighted by molar-refractivity contribution is -0.127. The molecule has 2 heterocycles. The first-order chi connectivity index (χ1) is 10.1. The van der Waals surface area contributed by atoms with Gasteiger partial charge in [0.15, 0.2) is 0 Å². The smallest absolute Gasteiger partial charge is 0.252 e. The number of carbonyl (C=O) groups is 3. The highest BCUT2D eigenvalue weighted by atomic mass is 32.2. The van der Waals surface area contributed by atoms with Gasteiger partial charge in [0.25, 0.3) is 11.8 Å². The van der Waals surface area contributed by atoms with E-state index in [1.807, 2.05) is 0 Å². The van der Waals surface area contributed by atoms with Crippen LogP contribution in [0.1, 0.15) is 12.8 Å². The van der Waals surface area contributed by atoms with Crippen molar-refractivity contribution in [3.8, 4) is 0 Å². The third-order valence-electron chi connectivity index (χ3n) is 3.63. The first-order valence-corrected chi connectivity index (χ1v) is 7.86. The maximum Gasteiger partial charge on any atom is 0.252 e. The molecule has 0 spiro atoms. The summed E-state index contributed by atoms with van der Waals surface area (Å²) in [6.07, 6.45) is 1.48. The standard InChI is InChI=1S/C11H20N6O3S/c12-14-10(19)7-4-17(7)8(11(20)15-13)5-21-6-16-3-1-2-9(16)18/h7-8H,1-6,12-13H2,(H,14,19)(H,15,20). The van der Waals surface area contributed by atoms with Crippen molar-refractivity contribution in [2.45, 2.75) is 24.9 Å². The highest BCUT2D eigenvalue weighted by Crippen LogP contribution is 2.25. The van der Waals surface area contributed by atoms with Gasteiger partial charge in [-0.15, -0.1) is 11.8 Å². The van der Waals surface area contributed by atoms with E-state index >= 15 is 0 Å². The highest BCUT2D eigenvalue weighted by molar-refractivity contribution is 7.99. The molecule has 0 aliphatic carbocycles. The van der Waals surface area contributed by atoms with Crippen molar-refractivity contribution in [3.05, 3.63) is 0 Å². The van der Waals surface area contributed by atoms with Crippen LogP contribution < -0.4 is 22.5 Å². The van der Waals surface area contributed by atoms with Gasteiger partial charge in [0.1, 0.15) is 12.1 Å². The Hall–Kier alpha value is -1.36. The second-order valence-corrected chi connectivity index (χ2v) is 6.01. The van der Waals surface area contributed by atoms with Crippen LogP contribution in [0.4, 0.5) is 0 Å². The van der Waals surface area contributed by atoms with Crippen molar-refractivity contribution in [3.63, 3.8) is 0 Å². The van der Waals surface area contributed by atoms with Gasteiger partial charge in [-0.2, -0.15) is 0 Å². The Balaban J connectivity index is 1.82. The van der Waals surface area contributed by atoms with Gasteiger partial charge in [0, 0.05) is 25.3 Å². The molecule has 2 saturated heterocycles. The SMILES string of the molecule is NNC(=O)C(CSCN1CCCC1=O)N1CC1C(=O)NN. The molecule has 0 radical (unpaired) electrons. The molecule has 0 aromatic heterocycles. The molecule has 0 aromatic rings. The molecule has 10 heteroatoms. The summed E-state index contributed by atoms with van der Waals surface area (Å²) in [4.78, 5) is 38.2. The predicted octanol–water partition coefficient (Wildman–Crippen LogP) is -2.67. The van der Waals surface area contributed by atoms with E-state index in [4.69, 9.17) is 11.7 Å². The number of carbonyl (C=O) groups excluding carboxylic acids is 3. The van der Waals surface area contributed by atoms with Gasteiger partial charge >= 0.3 is 0 Å². The maximum absolute atomic E-state index is 11.8. The number of likely N-dealkylation sites (tertiary alicyclic amines) is 1. The molecule has 0 saturated carbocycles. The van der Waals surface area contributed by atoms with E-state index in [0.717, 1.165) is 13.0 Å². The van der Waals surface area contributed by atoms with E-state index in [1.54, 1.807) is 9.80 Å². The van der Waals surface area contributed by atoms with Gasteiger partial charge < -0.3 is 4.90 Å². The first kappa shape index (κ1) is 16.0. The van der Waals surface area contributed by atoms with Crippen molar-refractivity contribution in [1.82, 2.24) is 20.7 Å². The zero-order valence-corrected chi connectivity index (χ0v) is 12.4. The molecule has 3 unspecified atom stereocenters. The summed E-state index contributed by atoms with van der Waals surface area (Å²) in [5.74, 6) is 10.8. The topological polar surface area (TPSA) is 134 Å². The number of nitrogens with zero attached hydrogens (tertiary/aromatic N) is 2. The van der Waals surface area contributed by atoms with Crippen LogP contribution in [-0.2, 0) is 14.4 Å². The summed E-state index contributed by atoms with van der Waals surface area (Å²) >= 11 is 1.48. The molecule has 2 aliphatic heterocycles. The van der Waals surface area contributed by atoms with E-state index in [2.05, 4.69) is 10.9 Å². The second kappa shape index (κ2) is 7.07. The van der Waals surface area contributed by atoms with Crippen LogP contribution in [0.3, 0.4) is 0 Å². The number of nitrogens with one attached hydrogen (secondary N) is 2. The molecule has 0 bridgehead atoms. The lowest BCUT2D eigenvalue weighted by atomic mass is 10.3. The summed E-state index contributed by atoms with van der Waals surface area (Å²) in [6.45, 7) is 1.24. The monoisotopic (exact) mass is 316 g/mol. The number of rotatable bonds is 7. The summed E-state index contributed by atoms with van der Waals surface area (Å²) < 4.78 is 0. The van der Waals surface area contributed by atoms with E-state index in [0.29, 0.717) is 24.6 Å². The maximum atomic E-state index is 11.8. The molecule has 3 amide bonds. The largest absolute Gasteiger partial charge is 0.333 e. The van der Waals surface area contributed by atoms with E-state index in [9.17, 15) is 14.4 Å². The molecule has 21 heavy (non-hydrogen) atoms. The Kier molecular flexibility index (Phi) is 5.39. The van der Waals surface area contributed by atoms with Crippen LogP contribution in [0.15, 0.2) is 0 Å². The van der Waals surface area contributed by atoms with Crippen molar-refractivity contribution in [2.24, 2.45) is 11.7 Å². The Bertz CT molecular complexity index is 434. The number of thioether (sulfide) groups is 1. The minimum Gasteiger partial charge on any atom is -0.333 e. The number of hydrazine groups is 2. The van der Waals surface area contributed by atoms with Crippen LogP contribution >= 0.6 is 11.8 Å². The van der Waals surface area contributed by atoms with Gasteiger partial charge in [-0.1, -0.05) is 0 Å². The average Bonchev–Trinajstić information content (AvgIpc) is 3.18. The highest BCUT2D eigenvalue weighted by Gasteiger charge is 2.47. The first-order valence-electron chi connectivity index (χ1n) is 6.70. The third kappa shape index (κ3) is 3.84. The fraction of sp³-hybridized carbons (Fsp3) is 0.727. The van der Waals surface area contributed by atoms with Gasteiger partial charge in [-0.05, 0) is 6.42 Å². The normalized spacial score (nSPS) is 25.6. The lowest BCUT2D eigenvalue weighted by Gasteiger charge is -2.19. The lowest BCUT2D eigenvalue weighted by Crippen LogP contribution is -2.46. The molecule has 2 fully saturated rings. The number of hydrogen-bond acceptors (Lipinski definition) is 7. The van der Waals surface area contributed by atoms with E-state index in [1.165, 1.54) is 11.8 Å². The summed E-state index contributed by atoms with van der Waals surface area (Å²) in [6, 6.07) is -0.883. The van der Waals surface area contributed by atoms with E-state index in [-0.39, 0.29) is 23.8 Å². The molecule has 2 aliphatic rings. The Morgan fingerprint density at radius 2 is 2.14 bits per heavy atom. The minimum atomic E-state index is -0.500. The van der Waals surface area contributed by atoms with Crippen LogP contribution in [0.2, 0.25) is 0 Å². The van der Waals surface area contributed by atoms with Gasteiger partial charge in [0.2, 0.25) is 5.91 Å². The van der Waals surface area contributed by atoms with E-state index < -0.39 is 6.04 Å². The number of hydrogen-bond donors (Lipinski definition) is 4. The van der Waals surface area contributed by atoms with Crippen molar-refractivity contribution in [2.75, 3.05) is 24.7 Å². The molecular weight excluding hydrogens is 296 g/mol. The molecule has 0 aromatic carbocycles. The van der Waals surface area contributed by atoms with Crippen LogP contribution in [-0.4, -0.2) is 64.3 Å². The fourth-order valence-corrected chi connectivity index (χ4v) is 3.52. The number of amides is 3. The molecule has 9 nitrogen and oxygen atoms in total.